The van der Waals surface area contributed by atoms with E-state index < -0.39 is 0 Å². The molecule has 18 heavy (non-hydrogen) atoms. The maximum Gasteiger partial charge on any atom is 0.101 e. The van der Waals surface area contributed by atoms with Crippen molar-refractivity contribution in [3.8, 4) is 6.07 Å². The third kappa shape index (κ3) is 3.16. The lowest BCUT2D eigenvalue weighted by molar-refractivity contribution is 0.0576. The molecule has 1 aliphatic heterocycles. The van der Waals surface area contributed by atoms with E-state index >= 15 is 0 Å². The van der Waals surface area contributed by atoms with Gasteiger partial charge in [-0.3, -0.25) is 0 Å². The summed E-state index contributed by atoms with van der Waals surface area (Å²) in [6, 6.07) is 7.63. The molecule has 0 N–H and O–H groups in total. The van der Waals surface area contributed by atoms with Crippen molar-refractivity contribution in [2.45, 2.75) is 12.8 Å². The van der Waals surface area contributed by atoms with Crippen LogP contribution in [0.25, 0.3) is 0 Å². The molecular formula is C14H17ClN2O. The summed E-state index contributed by atoms with van der Waals surface area (Å²) in [6.07, 6.45) is 2.36. The summed E-state index contributed by atoms with van der Waals surface area (Å²) >= 11 is 6.04. The molecule has 1 fully saturated rings. The second-order valence-corrected chi connectivity index (χ2v) is 5.15. The molecule has 3 nitrogen and oxygen atoms in total. The van der Waals surface area contributed by atoms with Crippen LogP contribution < -0.4 is 4.90 Å². The fourth-order valence-electron chi connectivity index (χ4n) is 2.28. The molecule has 1 atom stereocenters. The van der Waals surface area contributed by atoms with Crippen LogP contribution in [0.5, 0.6) is 0 Å². The van der Waals surface area contributed by atoms with E-state index in [0.29, 0.717) is 16.5 Å². The summed E-state index contributed by atoms with van der Waals surface area (Å²) in [5, 5.41) is 9.36. The lowest BCUT2D eigenvalue weighted by Crippen LogP contribution is -2.30. The van der Waals surface area contributed by atoms with Crippen molar-refractivity contribution in [2.24, 2.45) is 5.92 Å². The van der Waals surface area contributed by atoms with Crippen LogP contribution in [0.3, 0.4) is 0 Å². The van der Waals surface area contributed by atoms with Gasteiger partial charge in [-0.15, -0.1) is 0 Å². The molecule has 0 spiro atoms. The van der Waals surface area contributed by atoms with Crippen LogP contribution in [0.15, 0.2) is 18.2 Å². The lowest BCUT2D eigenvalue weighted by atomic mass is 10.0. The predicted octanol–water partition coefficient (Wildman–Crippen LogP) is 3.07. The molecule has 1 unspecified atom stereocenters. The number of benzene rings is 1. The second kappa shape index (κ2) is 6.08. The van der Waals surface area contributed by atoms with E-state index in [2.05, 4.69) is 11.0 Å². The molecule has 1 aliphatic rings. The van der Waals surface area contributed by atoms with Crippen molar-refractivity contribution in [2.75, 3.05) is 31.7 Å². The first-order valence-electron chi connectivity index (χ1n) is 6.19. The van der Waals surface area contributed by atoms with E-state index in [0.717, 1.165) is 31.9 Å². The number of anilines is 1. The van der Waals surface area contributed by atoms with Gasteiger partial charge >= 0.3 is 0 Å². The first-order chi connectivity index (χ1) is 8.70. The quantitative estimate of drug-likeness (QED) is 0.842. The Labute approximate surface area is 113 Å². The van der Waals surface area contributed by atoms with E-state index in [1.807, 2.05) is 19.2 Å². The minimum atomic E-state index is 0.516. The first-order valence-corrected chi connectivity index (χ1v) is 6.57. The Hall–Kier alpha value is -1.24. The Morgan fingerprint density at radius 1 is 1.56 bits per heavy atom. The SMILES string of the molecule is CN(CC1CCCOC1)c1ccc(C#N)c(Cl)c1. The highest BCUT2D eigenvalue weighted by atomic mass is 35.5. The molecule has 1 aromatic rings. The van der Waals surface area contributed by atoms with Crippen LogP contribution in [0.1, 0.15) is 18.4 Å². The third-order valence-corrected chi connectivity index (χ3v) is 3.61. The van der Waals surface area contributed by atoms with Crippen molar-refractivity contribution < 1.29 is 4.74 Å². The van der Waals surface area contributed by atoms with Gasteiger partial charge in [-0.1, -0.05) is 11.6 Å². The molecule has 0 aliphatic carbocycles. The normalized spacial score (nSPS) is 19.3. The van der Waals surface area contributed by atoms with E-state index in [1.54, 1.807) is 6.07 Å². The summed E-state index contributed by atoms with van der Waals surface area (Å²) in [5.41, 5.74) is 1.57. The van der Waals surface area contributed by atoms with Gasteiger partial charge in [0.05, 0.1) is 17.2 Å². The zero-order valence-corrected chi connectivity index (χ0v) is 11.3. The molecule has 0 aromatic heterocycles. The Morgan fingerprint density at radius 3 is 3.00 bits per heavy atom. The lowest BCUT2D eigenvalue weighted by Gasteiger charge is -2.28. The average molecular weight is 265 g/mol. The van der Waals surface area contributed by atoms with Crippen LogP contribution in [-0.2, 0) is 4.74 Å². The number of hydrogen-bond donors (Lipinski definition) is 0. The third-order valence-electron chi connectivity index (χ3n) is 3.30. The molecule has 1 aromatic carbocycles. The fourth-order valence-corrected chi connectivity index (χ4v) is 2.49. The number of nitrogens with zero attached hydrogens (tertiary/aromatic N) is 2. The molecule has 4 heteroatoms. The van der Waals surface area contributed by atoms with Crippen LogP contribution in [-0.4, -0.2) is 26.8 Å². The van der Waals surface area contributed by atoms with E-state index in [9.17, 15) is 0 Å². The molecule has 96 valence electrons. The van der Waals surface area contributed by atoms with Crippen molar-refractivity contribution in [3.05, 3.63) is 28.8 Å². The predicted molar refractivity (Wildman–Crippen MR) is 73.0 cm³/mol. The van der Waals surface area contributed by atoms with Gasteiger partial charge in [0.2, 0.25) is 0 Å². The standard InChI is InChI=1S/C14H17ClN2O/c1-17(9-11-3-2-6-18-10-11)13-5-4-12(8-16)14(15)7-13/h4-5,7,11H,2-3,6,9-10H2,1H3. The van der Waals surface area contributed by atoms with Crippen molar-refractivity contribution in [3.63, 3.8) is 0 Å². The maximum atomic E-state index is 8.84. The van der Waals surface area contributed by atoms with Gasteiger partial charge in [0.1, 0.15) is 6.07 Å². The van der Waals surface area contributed by atoms with E-state index in [1.165, 1.54) is 6.42 Å². The topological polar surface area (TPSA) is 36.3 Å². The summed E-state index contributed by atoms with van der Waals surface area (Å²) in [7, 11) is 2.05. The Balaban J connectivity index is 2.02. The maximum absolute atomic E-state index is 8.84. The van der Waals surface area contributed by atoms with Crippen molar-refractivity contribution >= 4 is 17.3 Å². The highest BCUT2D eigenvalue weighted by molar-refractivity contribution is 6.32. The number of halogens is 1. The summed E-state index contributed by atoms with van der Waals surface area (Å²) in [5.74, 6) is 0.582. The van der Waals surface area contributed by atoms with Gasteiger partial charge in [-0.05, 0) is 37.0 Å². The summed E-state index contributed by atoms with van der Waals surface area (Å²) in [4.78, 5) is 2.17. The van der Waals surface area contributed by atoms with Gasteiger partial charge in [0, 0.05) is 25.9 Å². The minimum absolute atomic E-state index is 0.516. The summed E-state index contributed by atoms with van der Waals surface area (Å²) in [6.45, 7) is 2.69. The Kier molecular flexibility index (Phi) is 4.46. The zero-order valence-electron chi connectivity index (χ0n) is 10.5. The smallest absolute Gasteiger partial charge is 0.101 e. The van der Waals surface area contributed by atoms with Gasteiger partial charge in [-0.25, -0.2) is 0 Å². The monoisotopic (exact) mass is 264 g/mol. The Bertz CT molecular complexity index is 450. The van der Waals surface area contributed by atoms with Crippen molar-refractivity contribution in [1.82, 2.24) is 0 Å². The van der Waals surface area contributed by atoms with Crippen molar-refractivity contribution in [1.29, 1.82) is 5.26 Å². The number of hydrogen-bond acceptors (Lipinski definition) is 3. The van der Waals surface area contributed by atoms with E-state index in [4.69, 9.17) is 21.6 Å². The largest absolute Gasteiger partial charge is 0.381 e. The second-order valence-electron chi connectivity index (χ2n) is 4.74. The summed E-state index contributed by atoms with van der Waals surface area (Å²) < 4.78 is 5.48. The number of ether oxygens (including phenoxy) is 1. The number of nitriles is 1. The van der Waals surface area contributed by atoms with Crippen LogP contribution in [0.2, 0.25) is 5.02 Å². The van der Waals surface area contributed by atoms with Crippen LogP contribution >= 0.6 is 11.6 Å². The minimum Gasteiger partial charge on any atom is -0.381 e. The van der Waals surface area contributed by atoms with Crippen LogP contribution in [0, 0.1) is 17.2 Å². The van der Waals surface area contributed by atoms with Crippen LogP contribution in [0.4, 0.5) is 5.69 Å². The van der Waals surface area contributed by atoms with Gasteiger partial charge in [0.15, 0.2) is 0 Å². The highest BCUT2D eigenvalue weighted by Gasteiger charge is 2.16. The fraction of sp³-hybridized carbons (Fsp3) is 0.500. The molecule has 0 bridgehead atoms. The molecule has 1 saturated heterocycles. The van der Waals surface area contributed by atoms with Gasteiger partial charge in [-0.2, -0.15) is 5.26 Å². The molecular weight excluding hydrogens is 248 g/mol. The van der Waals surface area contributed by atoms with E-state index in [-0.39, 0.29) is 0 Å². The van der Waals surface area contributed by atoms with Gasteiger partial charge < -0.3 is 9.64 Å². The number of rotatable bonds is 3. The van der Waals surface area contributed by atoms with Gasteiger partial charge in [0.25, 0.3) is 0 Å². The molecule has 0 saturated carbocycles. The average Bonchev–Trinajstić information content (AvgIpc) is 2.39. The highest BCUT2D eigenvalue weighted by Crippen LogP contribution is 2.24. The molecule has 0 amide bonds. The first kappa shape index (κ1) is 13.2. The Morgan fingerprint density at radius 2 is 2.39 bits per heavy atom. The molecule has 0 radical (unpaired) electrons. The molecule has 1 heterocycles. The zero-order chi connectivity index (χ0) is 13.0. The molecule has 2 rings (SSSR count).